The van der Waals surface area contributed by atoms with Crippen molar-refractivity contribution in [1.82, 2.24) is 9.78 Å². The van der Waals surface area contributed by atoms with Crippen molar-refractivity contribution < 1.29 is 17.6 Å². The third-order valence-corrected chi connectivity index (χ3v) is 3.95. The Bertz CT molecular complexity index is 664. The van der Waals surface area contributed by atoms with Crippen LogP contribution in [0.2, 0.25) is 0 Å². The average molecular weight is 319 g/mol. The lowest BCUT2D eigenvalue weighted by atomic mass is 10.2. The molecule has 114 valence electrons. The Morgan fingerprint density at radius 1 is 1.24 bits per heavy atom. The minimum absolute atomic E-state index is 0.0378. The highest BCUT2D eigenvalue weighted by Gasteiger charge is 2.28. The van der Waals surface area contributed by atoms with Gasteiger partial charge in [0.1, 0.15) is 17.3 Å². The van der Waals surface area contributed by atoms with Gasteiger partial charge in [-0.15, -0.1) is 11.8 Å². The van der Waals surface area contributed by atoms with Crippen LogP contribution in [0.15, 0.2) is 23.1 Å². The number of hydrogen-bond donors (Lipinski definition) is 1. The molecule has 2 N–H and O–H groups in total. The quantitative estimate of drug-likeness (QED) is 0.690. The second-order valence-corrected chi connectivity index (χ2v) is 5.61. The summed E-state index contributed by atoms with van der Waals surface area (Å²) in [6, 6.07) is 4.08. The molecule has 0 amide bonds. The molecule has 0 spiro atoms. The second kappa shape index (κ2) is 5.59. The fourth-order valence-electron chi connectivity index (χ4n) is 1.83. The SMILES string of the molecule is Cc1cc(N)n(-c2cc(SCC(F)(F)F)c(C)cc2F)n1. The van der Waals surface area contributed by atoms with Crippen molar-refractivity contribution in [3.8, 4) is 5.69 Å². The Kier molecular flexibility index (Phi) is 4.18. The van der Waals surface area contributed by atoms with Crippen molar-refractivity contribution in [3.63, 3.8) is 0 Å². The van der Waals surface area contributed by atoms with E-state index in [1.165, 1.54) is 16.8 Å². The minimum atomic E-state index is -4.28. The normalized spacial score (nSPS) is 11.9. The van der Waals surface area contributed by atoms with Gasteiger partial charge in [0, 0.05) is 11.0 Å². The fourth-order valence-corrected chi connectivity index (χ4v) is 2.63. The van der Waals surface area contributed by atoms with Gasteiger partial charge in [0.2, 0.25) is 0 Å². The summed E-state index contributed by atoms with van der Waals surface area (Å²) in [4.78, 5) is 0.344. The van der Waals surface area contributed by atoms with Crippen molar-refractivity contribution in [2.24, 2.45) is 0 Å². The lowest BCUT2D eigenvalue weighted by Gasteiger charge is -2.12. The smallest absolute Gasteiger partial charge is 0.384 e. The maximum Gasteiger partial charge on any atom is 0.398 e. The first-order chi connectivity index (χ1) is 9.67. The van der Waals surface area contributed by atoms with E-state index >= 15 is 0 Å². The molecule has 3 nitrogen and oxygen atoms in total. The Morgan fingerprint density at radius 2 is 1.90 bits per heavy atom. The van der Waals surface area contributed by atoms with E-state index < -0.39 is 17.7 Å². The van der Waals surface area contributed by atoms with Crippen LogP contribution in [0.3, 0.4) is 0 Å². The fraction of sp³-hybridized carbons (Fsp3) is 0.308. The Morgan fingerprint density at radius 3 is 2.43 bits per heavy atom. The van der Waals surface area contributed by atoms with Crippen molar-refractivity contribution >= 4 is 17.6 Å². The van der Waals surface area contributed by atoms with Crippen molar-refractivity contribution in [3.05, 3.63) is 35.3 Å². The highest BCUT2D eigenvalue weighted by molar-refractivity contribution is 7.99. The molecule has 0 radical (unpaired) electrons. The first-order valence-electron chi connectivity index (χ1n) is 5.99. The van der Waals surface area contributed by atoms with E-state index in [-0.39, 0.29) is 11.5 Å². The number of nitrogens with two attached hydrogens (primary N) is 1. The first-order valence-corrected chi connectivity index (χ1v) is 6.98. The molecule has 0 saturated carbocycles. The summed E-state index contributed by atoms with van der Waals surface area (Å²) in [6.45, 7) is 3.25. The standard InChI is InChI=1S/C13H13F4N3S/c1-7-3-9(14)10(20-12(18)4-8(2)19-20)5-11(7)21-6-13(15,16)17/h3-5H,6,18H2,1-2H3. The van der Waals surface area contributed by atoms with Crippen LogP contribution in [0.5, 0.6) is 0 Å². The zero-order valence-electron chi connectivity index (χ0n) is 11.3. The molecule has 1 aromatic carbocycles. The number of rotatable bonds is 3. The summed E-state index contributed by atoms with van der Waals surface area (Å²) in [5, 5.41) is 4.04. The van der Waals surface area contributed by atoms with Gasteiger partial charge in [-0.3, -0.25) is 0 Å². The van der Waals surface area contributed by atoms with Crippen LogP contribution < -0.4 is 5.73 Å². The van der Waals surface area contributed by atoms with Crippen LogP contribution in [0, 0.1) is 19.7 Å². The molecule has 0 bridgehead atoms. The monoisotopic (exact) mass is 319 g/mol. The Balaban J connectivity index is 2.41. The van der Waals surface area contributed by atoms with Gasteiger partial charge in [0.15, 0.2) is 0 Å². The molecule has 2 aromatic rings. The van der Waals surface area contributed by atoms with E-state index in [1.807, 2.05) is 0 Å². The van der Waals surface area contributed by atoms with Gasteiger partial charge in [0.25, 0.3) is 0 Å². The average Bonchev–Trinajstić information content (AvgIpc) is 2.66. The number of hydrogen-bond acceptors (Lipinski definition) is 3. The molecule has 0 aliphatic heterocycles. The molecular weight excluding hydrogens is 306 g/mol. The second-order valence-electron chi connectivity index (χ2n) is 4.60. The van der Waals surface area contributed by atoms with Crippen molar-refractivity contribution in [2.75, 3.05) is 11.5 Å². The van der Waals surface area contributed by atoms with Crippen molar-refractivity contribution in [2.45, 2.75) is 24.9 Å². The number of nitrogens with zero attached hydrogens (tertiary/aromatic N) is 2. The topological polar surface area (TPSA) is 43.8 Å². The third-order valence-electron chi connectivity index (χ3n) is 2.72. The van der Waals surface area contributed by atoms with Gasteiger partial charge < -0.3 is 5.73 Å². The number of benzene rings is 1. The molecular formula is C13H13F4N3S. The summed E-state index contributed by atoms with van der Waals surface area (Å²) >= 11 is 0.611. The first kappa shape index (κ1) is 15.7. The summed E-state index contributed by atoms with van der Waals surface area (Å²) in [6.07, 6.45) is -4.28. The van der Waals surface area contributed by atoms with Crippen molar-refractivity contribution in [1.29, 1.82) is 0 Å². The highest BCUT2D eigenvalue weighted by Crippen LogP contribution is 2.32. The Labute approximate surface area is 123 Å². The number of thioether (sulfide) groups is 1. The maximum atomic E-state index is 14.0. The predicted molar refractivity (Wildman–Crippen MR) is 74.2 cm³/mol. The van der Waals surface area contributed by atoms with Gasteiger partial charge >= 0.3 is 6.18 Å². The number of anilines is 1. The van der Waals surface area contributed by atoms with E-state index in [0.29, 0.717) is 27.9 Å². The van der Waals surface area contributed by atoms with Crippen LogP contribution in [0.4, 0.5) is 23.4 Å². The molecule has 0 fully saturated rings. The molecule has 0 unspecified atom stereocenters. The molecule has 0 aliphatic carbocycles. The lowest BCUT2D eigenvalue weighted by Crippen LogP contribution is -2.11. The summed E-state index contributed by atoms with van der Waals surface area (Å²) < 4.78 is 52.1. The largest absolute Gasteiger partial charge is 0.398 e. The molecule has 21 heavy (non-hydrogen) atoms. The van der Waals surface area contributed by atoms with Gasteiger partial charge in [-0.2, -0.15) is 18.3 Å². The number of halogens is 4. The minimum Gasteiger partial charge on any atom is -0.384 e. The van der Waals surface area contributed by atoms with E-state index in [2.05, 4.69) is 5.10 Å². The predicted octanol–water partition coefficient (Wildman–Crippen LogP) is 3.86. The molecule has 0 aliphatic rings. The van der Waals surface area contributed by atoms with Crippen LogP contribution >= 0.6 is 11.8 Å². The maximum absolute atomic E-state index is 14.0. The molecule has 0 atom stereocenters. The summed E-state index contributed by atoms with van der Waals surface area (Å²) in [7, 11) is 0. The molecule has 0 saturated heterocycles. The zero-order valence-corrected chi connectivity index (χ0v) is 12.1. The van der Waals surface area contributed by atoms with E-state index in [4.69, 9.17) is 5.73 Å². The highest BCUT2D eigenvalue weighted by atomic mass is 32.2. The molecule has 2 rings (SSSR count). The molecule has 1 aromatic heterocycles. The molecule has 1 heterocycles. The van der Waals surface area contributed by atoms with Crippen LogP contribution in [-0.4, -0.2) is 21.7 Å². The lowest BCUT2D eigenvalue weighted by molar-refractivity contribution is -0.105. The Hall–Kier alpha value is -1.70. The van der Waals surface area contributed by atoms with E-state index in [1.54, 1.807) is 19.9 Å². The molecule has 8 heteroatoms. The van der Waals surface area contributed by atoms with Crippen LogP contribution in [0.1, 0.15) is 11.3 Å². The third kappa shape index (κ3) is 3.69. The number of nitrogen functional groups attached to an aromatic ring is 1. The van der Waals surface area contributed by atoms with Gasteiger partial charge in [-0.05, 0) is 31.5 Å². The summed E-state index contributed by atoms with van der Waals surface area (Å²) in [5.74, 6) is -1.40. The van der Waals surface area contributed by atoms with Crippen LogP contribution in [0.25, 0.3) is 5.69 Å². The number of aromatic nitrogens is 2. The van der Waals surface area contributed by atoms with E-state index in [9.17, 15) is 17.6 Å². The van der Waals surface area contributed by atoms with Crippen LogP contribution in [-0.2, 0) is 0 Å². The zero-order chi connectivity index (χ0) is 15.8. The number of aryl methyl sites for hydroxylation is 2. The van der Waals surface area contributed by atoms with E-state index in [0.717, 1.165) is 0 Å². The van der Waals surface area contributed by atoms with Gasteiger partial charge in [0.05, 0.1) is 11.4 Å². The number of alkyl halides is 3. The summed E-state index contributed by atoms with van der Waals surface area (Å²) in [5.41, 5.74) is 6.79. The van der Waals surface area contributed by atoms with Gasteiger partial charge in [-0.1, -0.05) is 0 Å². The van der Waals surface area contributed by atoms with Gasteiger partial charge in [-0.25, -0.2) is 9.07 Å².